The number of cyclic esters (lactones) is 1. The van der Waals surface area contributed by atoms with Gasteiger partial charge >= 0.3 is 12.1 Å². The molecule has 142 valence electrons. The van der Waals surface area contributed by atoms with Gasteiger partial charge < -0.3 is 18.9 Å². The predicted molar refractivity (Wildman–Crippen MR) is 98.4 cm³/mol. The number of rotatable bonds is 5. The quantitative estimate of drug-likeness (QED) is 0.758. The van der Waals surface area contributed by atoms with Gasteiger partial charge in [-0.3, -0.25) is 0 Å². The van der Waals surface area contributed by atoms with E-state index >= 15 is 0 Å². The largest absolute Gasteiger partial charge is 0.459 e. The van der Waals surface area contributed by atoms with Crippen LogP contribution < -0.4 is 0 Å². The maximum Gasteiger partial charge on any atom is 0.410 e. The van der Waals surface area contributed by atoms with Crippen LogP contribution in [-0.4, -0.2) is 52.8 Å². The number of aromatic nitrogens is 2. The van der Waals surface area contributed by atoms with Crippen molar-refractivity contribution in [2.75, 3.05) is 26.3 Å². The van der Waals surface area contributed by atoms with Gasteiger partial charge in [0.1, 0.15) is 19.0 Å². The van der Waals surface area contributed by atoms with Crippen molar-refractivity contribution in [2.45, 2.75) is 32.2 Å². The molecule has 0 atom stereocenters. The fraction of sp³-hybridized carbons (Fsp3) is 0.450. The Kier molecular flexibility index (Phi) is 5.09. The van der Waals surface area contributed by atoms with Crippen LogP contribution in [-0.2, 0) is 22.4 Å². The molecule has 4 rings (SSSR count). The van der Waals surface area contributed by atoms with Crippen molar-refractivity contribution in [3.8, 4) is 11.4 Å². The predicted octanol–water partition coefficient (Wildman–Crippen LogP) is 2.89. The van der Waals surface area contributed by atoms with Crippen molar-refractivity contribution in [1.82, 2.24) is 14.5 Å². The molecule has 0 aliphatic carbocycles. The molecule has 2 aromatic rings. The molecule has 1 aromatic carbocycles. The first kappa shape index (κ1) is 17.6. The van der Waals surface area contributed by atoms with Crippen LogP contribution >= 0.6 is 0 Å². The molecule has 1 fully saturated rings. The van der Waals surface area contributed by atoms with E-state index in [1.54, 1.807) is 0 Å². The Balaban J connectivity index is 1.53. The van der Waals surface area contributed by atoms with Gasteiger partial charge in [-0.25, -0.2) is 14.6 Å². The number of carbonyl (C=O) groups is 2. The summed E-state index contributed by atoms with van der Waals surface area (Å²) in [5, 5.41) is 0. The van der Waals surface area contributed by atoms with Crippen molar-refractivity contribution in [1.29, 1.82) is 0 Å². The molecule has 2 aliphatic rings. The van der Waals surface area contributed by atoms with E-state index in [-0.39, 0.29) is 12.7 Å². The number of ether oxygens (including phenoxy) is 2. The molecule has 1 aromatic heterocycles. The van der Waals surface area contributed by atoms with Crippen molar-refractivity contribution in [3.63, 3.8) is 0 Å². The number of nitrogens with zero attached hydrogens (tertiary/aromatic N) is 3. The van der Waals surface area contributed by atoms with E-state index in [1.165, 1.54) is 4.90 Å². The average Bonchev–Trinajstić information content (AvgIpc) is 3.17. The SMILES string of the molecule is O=C(OCCN1CCOC1=O)c1nc(-c2ccccc2)n2c1CCCCC2. The molecule has 0 unspecified atom stereocenters. The van der Waals surface area contributed by atoms with Gasteiger partial charge in [0.2, 0.25) is 0 Å². The van der Waals surface area contributed by atoms with Crippen molar-refractivity contribution in [2.24, 2.45) is 0 Å². The number of hydrogen-bond donors (Lipinski definition) is 0. The molecule has 0 N–H and O–H groups in total. The number of hydrogen-bond acceptors (Lipinski definition) is 5. The number of esters is 1. The number of benzene rings is 1. The summed E-state index contributed by atoms with van der Waals surface area (Å²) in [5.74, 6) is 0.401. The number of carbonyl (C=O) groups excluding carboxylic acids is 2. The molecule has 0 bridgehead atoms. The van der Waals surface area contributed by atoms with Gasteiger partial charge in [-0.05, 0) is 19.3 Å². The van der Waals surface area contributed by atoms with Crippen LogP contribution in [0.5, 0.6) is 0 Å². The average molecular weight is 369 g/mol. The molecule has 27 heavy (non-hydrogen) atoms. The number of amides is 1. The first-order chi connectivity index (χ1) is 13.2. The van der Waals surface area contributed by atoms with Gasteiger partial charge in [0, 0.05) is 12.1 Å². The Hall–Kier alpha value is -2.83. The minimum atomic E-state index is -0.421. The summed E-state index contributed by atoms with van der Waals surface area (Å²) < 4.78 is 12.5. The first-order valence-electron chi connectivity index (χ1n) is 9.47. The third-order valence-electron chi connectivity index (χ3n) is 5.03. The maximum atomic E-state index is 12.7. The maximum absolute atomic E-state index is 12.7. The molecule has 7 nitrogen and oxygen atoms in total. The van der Waals surface area contributed by atoms with Crippen LogP contribution in [0, 0.1) is 0 Å². The summed E-state index contributed by atoms with van der Waals surface area (Å²) in [6, 6.07) is 9.93. The standard InChI is InChI=1S/C20H23N3O4/c24-19(26-13-11-22-12-14-27-20(22)25)17-16-9-5-2-6-10-23(16)18(21-17)15-7-3-1-4-8-15/h1,3-4,7-8H,2,5-6,9-14H2. The zero-order valence-corrected chi connectivity index (χ0v) is 15.2. The zero-order valence-electron chi connectivity index (χ0n) is 15.2. The second-order valence-corrected chi connectivity index (χ2v) is 6.80. The minimum Gasteiger partial charge on any atom is -0.459 e. The van der Waals surface area contributed by atoms with Crippen LogP contribution in [0.1, 0.15) is 35.4 Å². The molecule has 1 saturated heterocycles. The normalized spacial score (nSPS) is 16.6. The molecule has 2 aliphatic heterocycles. The van der Waals surface area contributed by atoms with Crippen LogP contribution in [0.15, 0.2) is 30.3 Å². The summed E-state index contributed by atoms with van der Waals surface area (Å²) in [4.78, 5) is 30.3. The molecule has 0 saturated carbocycles. The highest BCUT2D eigenvalue weighted by Gasteiger charge is 2.26. The minimum absolute atomic E-state index is 0.140. The summed E-state index contributed by atoms with van der Waals surface area (Å²) in [6.45, 7) is 2.27. The van der Waals surface area contributed by atoms with E-state index in [0.29, 0.717) is 25.4 Å². The lowest BCUT2D eigenvalue weighted by Crippen LogP contribution is -2.29. The van der Waals surface area contributed by atoms with Crippen LogP contribution in [0.4, 0.5) is 4.79 Å². The van der Waals surface area contributed by atoms with Gasteiger partial charge in [-0.1, -0.05) is 36.8 Å². The highest BCUT2D eigenvalue weighted by Crippen LogP contribution is 2.27. The summed E-state index contributed by atoms with van der Waals surface area (Å²) in [7, 11) is 0. The van der Waals surface area contributed by atoms with Gasteiger partial charge in [-0.2, -0.15) is 0 Å². The first-order valence-corrected chi connectivity index (χ1v) is 9.47. The second-order valence-electron chi connectivity index (χ2n) is 6.80. The van der Waals surface area contributed by atoms with Crippen molar-refractivity contribution >= 4 is 12.1 Å². The summed E-state index contributed by atoms with van der Waals surface area (Å²) >= 11 is 0. The van der Waals surface area contributed by atoms with E-state index in [4.69, 9.17) is 9.47 Å². The summed E-state index contributed by atoms with van der Waals surface area (Å²) in [6.07, 6.45) is 3.73. The fourth-order valence-corrected chi connectivity index (χ4v) is 3.64. The smallest absolute Gasteiger partial charge is 0.410 e. The molecule has 3 heterocycles. The van der Waals surface area contributed by atoms with E-state index in [0.717, 1.165) is 49.3 Å². The Morgan fingerprint density at radius 2 is 2.00 bits per heavy atom. The van der Waals surface area contributed by atoms with E-state index < -0.39 is 5.97 Å². The Bertz CT molecular complexity index is 831. The summed E-state index contributed by atoms with van der Waals surface area (Å²) in [5.41, 5.74) is 2.36. The number of fused-ring (bicyclic) bond motifs is 1. The van der Waals surface area contributed by atoms with E-state index in [1.807, 2.05) is 30.3 Å². The van der Waals surface area contributed by atoms with Gasteiger partial charge in [0.05, 0.1) is 18.8 Å². The Morgan fingerprint density at radius 1 is 1.15 bits per heavy atom. The van der Waals surface area contributed by atoms with Gasteiger partial charge in [0.25, 0.3) is 0 Å². The molecular formula is C20H23N3O4. The van der Waals surface area contributed by atoms with Crippen LogP contribution in [0.3, 0.4) is 0 Å². The lowest BCUT2D eigenvalue weighted by atomic mass is 10.1. The molecule has 7 heteroatoms. The van der Waals surface area contributed by atoms with Crippen molar-refractivity contribution < 1.29 is 19.1 Å². The van der Waals surface area contributed by atoms with E-state index in [2.05, 4.69) is 9.55 Å². The fourth-order valence-electron chi connectivity index (χ4n) is 3.64. The lowest BCUT2D eigenvalue weighted by molar-refractivity contribution is 0.0469. The lowest BCUT2D eigenvalue weighted by Gasteiger charge is -2.12. The molecule has 0 radical (unpaired) electrons. The Morgan fingerprint density at radius 3 is 2.78 bits per heavy atom. The van der Waals surface area contributed by atoms with E-state index in [9.17, 15) is 9.59 Å². The third-order valence-corrected chi connectivity index (χ3v) is 5.03. The molecular weight excluding hydrogens is 346 g/mol. The van der Waals surface area contributed by atoms with Gasteiger partial charge in [-0.15, -0.1) is 0 Å². The topological polar surface area (TPSA) is 73.7 Å². The number of imidazole rings is 1. The van der Waals surface area contributed by atoms with Crippen LogP contribution in [0.25, 0.3) is 11.4 Å². The zero-order chi connectivity index (χ0) is 18.6. The molecule has 0 spiro atoms. The highest BCUT2D eigenvalue weighted by atomic mass is 16.6. The monoisotopic (exact) mass is 369 g/mol. The van der Waals surface area contributed by atoms with Crippen LogP contribution in [0.2, 0.25) is 0 Å². The molecule has 1 amide bonds. The highest BCUT2D eigenvalue weighted by molar-refractivity contribution is 5.89. The Labute approximate surface area is 157 Å². The van der Waals surface area contributed by atoms with Gasteiger partial charge in [0.15, 0.2) is 5.69 Å². The van der Waals surface area contributed by atoms with Crippen molar-refractivity contribution in [3.05, 3.63) is 41.7 Å². The second kappa shape index (κ2) is 7.82. The third kappa shape index (κ3) is 3.67.